The SMILES string of the molecule is CC(N)(CO)CCc1ccc(C#CCCOC2CCCCC2)s1. The molecule has 1 fully saturated rings. The second-order valence-corrected chi connectivity index (χ2v) is 7.93. The third-order valence-corrected chi connectivity index (χ3v) is 5.37. The summed E-state index contributed by atoms with van der Waals surface area (Å²) in [7, 11) is 0. The van der Waals surface area contributed by atoms with Gasteiger partial charge in [-0.3, -0.25) is 0 Å². The van der Waals surface area contributed by atoms with Crippen LogP contribution < -0.4 is 5.73 Å². The zero-order valence-electron chi connectivity index (χ0n) is 14.1. The number of nitrogens with two attached hydrogens (primary N) is 1. The van der Waals surface area contributed by atoms with Crippen molar-refractivity contribution in [1.82, 2.24) is 0 Å². The van der Waals surface area contributed by atoms with Crippen molar-refractivity contribution in [1.29, 1.82) is 0 Å². The molecule has 1 unspecified atom stereocenters. The largest absolute Gasteiger partial charge is 0.394 e. The van der Waals surface area contributed by atoms with Crippen LogP contribution in [0, 0.1) is 11.8 Å². The maximum absolute atomic E-state index is 9.18. The number of ether oxygens (including phenoxy) is 1. The van der Waals surface area contributed by atoms with Gasteiger partial charge in [-0.1, -0.05) is 31.1 Å². The summed E-state index contributed by atoms with van der Waals surface area (Å²) in [5, 5.41) is 9.18. The van der Waals surface area contributed by atoms with Crippen LogP contribution in [0.15, 0.2) is 12.1 Å². The van der Waals surface area contributed by atoms with Gasteiger partial charge in [0.1, 0.15) is 0 Å². The van der Waals surface area contributed by atoms with Crippen LogP contribution in [0.25, 0.3) is 0 Å². The fraction of sp³-hybridized carbons (Fsp3) is 0.684. The lowest BCUT2D eigenvalue weighted by Crippen LogP contribution is -2.40. The Morgan fingerprint density at radius 2 is 2.13 bits per heavy atom. The molecular formula is C19H29NO2S. The second kappa shape index (κ2) is 9.44. The lowest BCUT2D eigenvalue weighted by molar-refractivity contribution is 0.0320. The average Bonchev–Trinajstić information content (AvgIpc) is 3.02. The first-order chi connectivity index (χ1) is 11.1. The minimum Gasteiger partial charge on any atom is -0.394 e. The summed E-state index contributed by atoms with van der Waals surface area (Å²) in [6.07, 6.45) is 9.37. The molecule has 0 bridgehead atoms. The standard InChI is InChI=1S/C19H29NO2S/c1-19(20,15-21)13-12-18-11-10-17(23-18)9-5-6-14-22-16-7-3-2-4-8-16/h10-11,16,21H,2-4,6-8,12-15,20H2,1H3. The molecule has 2 rings (SSSR count). The summed E-state index contributed by atoms with van der Waals surface area (Å²) in [6, 6.07) is 4.18. The molecule has 0 radical (unpaired) electrons. The van der Waals surface area contributed by atoms with Crippen LogP contribution in [0.3, 0.4) is 0 Å². The maximum atomic E-state index is 9.18. The summed E-state index contributed by atoms with van der Waals surface area (Å²) in [5.74, 6) is 6.43. The summed E-state index contributed by atoms with van der Waals surface area (Å²) in [4.78, 5) is 2.37. The molecule has 1 aromatic rings. The fourth-order valence-corrected chi connectivity index (χ4v) is 3.61. The van der Waals surface area contributed by atoms with Crippen LogP contribution in [0.4, 0.5) is 0 Å². The Morgan fingerprint density at radius 1 is 1.35 bits per heavy atom. The molecule has 3 N–H and O–H groups in total. The van der Waals surface area contributed by atoms with Gasteiger partial charge in [-0.2, -0.15) is 0 Å². The maximum Gasteiger partial charge on any atom is 0.0771 e. The Kier molecular flexibility index (Phi) is 7.58. The Balaban J connectivity index is 1.68. The van der Waals surface area contributed by atoms with Gasteiger partial charge in [0, 0.05) is 16.8 Å². The van der Waals surface area contributed by atoms with Crippen molar-refractivity contribution in [3.05, 3.63) is 21.9 Å². The first kappa shape index (κ1) is 18.5. The minimum absolute atomic E-state index is 0.0199. The van der Waals surface area contributed by atoms with E-state index in [1.54, 1.807) is 11.3 Å². The van der Waals surface area contributed by atoms with Gasteiger partial charge in [-0.25, -0.2) is 0 Å². The Morgan fingerprint density at radius 3 is 2.87 bits per heavy atom. The van der Waals surface area contributed by atoms with E-state index in [0.717, 1.165) is 30.7 Å². The van der Waals surface area contributed by atoms with E-state index in [4.69, 9.17) is 10.5 Å². The van der Waals surface area contributed by atoms with Gasteiger partial charge in [0.05, 0.1) is 24.2 Å². The van der Waals surface area contributed by atoms with Gasteiger partial charge in [-0.15, -0.1) is 11.3 Å². The van der Waals surface area contributed by atoms with Crippen molar-refractivity contribution in [2.45, 2.75) is 69.9 Å². The lowest BCUT2D eigenvalue weighted by Gasteiger charge is -2.21. The molecule has 1 aliphatic rings. The number of rotatable bonds is 7. The zero-order chi connectivity index (χ0) is 16.5. The lowest BCUT2D eigenvalue weighted by atomic mass is 9.98. The van der Waals surface area contributed by atoms with E-state index in [1.807, 2.05) is 6.92 Å². The van der Waals surface area contributed by atoms with E-state index >= 15 is 0 Å². The molecule has 23 heavy (non-hydrogen) atoms. The van der Waals surface area contributed by atoms with Crippen LogP contribution in [0.5, 0.6) is 0 Å². The topological polar surface area (TPSA) is 55.5 Å². The highest BCUT2D eigenvalue weighted by molar-refractivity contribution is 7.12. The molecule has 128 valence electrons. The van der Waals surface area contributed by atoms with E-state index in [1.165, 1.54) is 37.0 Å². The average molecular weight is 336 g/mol. The number of hydrogen-bond donors (Lipinski definition) is 2. The summed E-state index contributed by atoms with van der Waals surface area (Å²) >= 11 is 1.72. The quantitative estimate of drug-likeness (QED) is 0.592. The van der Waals surface area contributed by atoms with Crippen molar-refractivity contribution in [3.63, 3.8) is 0 Å². The van der Waals surface area contributed by atoms with Gasteiger partial charge in [0.15, 0.2) is 0 Å². The van der Waals surface area contributed by atoms with Gasteiger partial charge in [0.2, 0.25) is 0 Å². The van der Waals surface area contributed by atoms with Crippen LogP contribution in [-0.4, -0.2) is 30.0 Å². The van der Waals surface area contributed by atoms with Crippen LogP contribution in [-0.2, 0) is 11.2 Å². The van der Waals surface area contributed by atoms with Crippen LogP contribution in [0.1, 0.15) is 61.6 Å². The molecule has 1 heterocycles. The van der Waals surface area contributed by atoms with E-state index in [0.29, 0.717) is 6.10 Å². The fourth-order valence-electron chi connectivity index (χ4n) is 2.73. The van der Waals surface area contributed by atoms with Crippen molar-refractivity contribution in [3.8, 4) is 11.8 Å². The monoisotopic (exact) mass is 335 g/mol. The number of aliphatic hydroxyl groups excluding tert-OH is 1. The highest BCUT2D eigenvalue weighted by Gasteiger charge is 2.17. The Labute approximate surface area is 144 Å². The summed E-state index contributed by atoms with van der Waals surface area (Å²) in [6.45, 7) is 2.65. The second-order valence-electron chi connectivity index (χ2n) is 6.76. The van der Waals surface area contributed by atoms with E-state index < -0.39 is 5.54 Å². The predicted octanol–water partition coefficient (Wildman–Crippen LogP) is 3.48. The van der Waals surface area contributed by atoms with Gasteiger partial charge in [-0.05, 0) is 44.7 Å². The number of aliphatic hydroxyl groups is 1. The molecule has 1 saturated carbocycles. The smallest absolute Gasteiger partial charge is 0.0771 e. The van der Waals surface area contributed by atoms with Crippen molar-refractivity contribution < 1.29 is 9.84 Å². The molecule has 1 atom stereocenters. The predicted molar refractivity (Wildman–Crippen MR) is 96.6 cm³/mol. The highest BCUT2D eigenvalue weighted by atomic mass is 32.1. The van der Waals surface area contributed by atoms with Gasteiger partial charge in [0.25, 0.3) is 0 Å². The Bertz CT molecular complexity index is 521. The van der Waals surface area contributed by atoms with E-state index in [9.17, 15) is 5.11 Å². The summed E-state index contributed by atoms with van der Waals surface area (Å²) in [5.41, 5.74) is 5.46. The number of hydrogen-bond acceptors (Lipinski definition) is 4. The normalized spacial score (nSPS) is 18.2. The molecule has 4 heteroatoms. The van der Waals surface area contributed by atoms with Crippen molar-refractivity contribution in [2.24, 2.45) is 5.73 Å². The Hall–Kier alpha value is -0.860. The molecule has 0 aliphatic heterocycles. The highest BCUT2D eigenvalue weighted by Crippen LogP contribution is 2.21. The minimum atomic E-state index is -0.494. The zero-order valence-corrected chi connectivity index (χ0v) is 15.0. The van der Waals surface area contributed by atoms with Crippen molar-refractivity contribution >= 4 is 11.3 Å². The van der Waals surface area contributed by atoms with E-state index in [2.05, 4.69) is 24.0 Å². The molecule has 0 saturated heterocycles. The molecule has 0 spiro atoms. The van der Waals surface area contributed by atoms with Crippen molar-refractivity contribution in [2.75, 3.05) is 13.2 Å². The van der Waals surface area contributed by atoms with Gasteiger partial charge < -0.3 is 15.6 Å². The molecule has 3 nitrogen and oxygen atoms in total. The third kappa shape index (κ3) is 7.05. The van der Waals surface area contributed by atoms with Crippen LogP contribution in [0.2, 0.25) is 0 Å². The summed E-state index contributed by atoms with van der Waals surface area (Å²) < 4.78 is 5.88. The molecule has 1 aromatic heterocycles. The first-order valence-electron chi connectivity index (χ1n) is 8.68. The van der Waals surface area contributed by atoms with Crippen LogP contribution >= 0.6 is 11.3 Å². The molecular weight excluding hydrogens is 306 g/mol. The molecule has 0 aromatic carbocycles. The van der Waals surface area contributed by atoms with E-state index in [-0.39, 0.29) is 6.61 Å². The van der Waals surface area contributed by atoms with Gasteiger partial charge >= 0.3 is 0 Å². The third-order valence-electron chi connectivity index (χ3n) is 4.31. The number of thiophene rings is 1. The number of aryl methyl sites for hydroxylation is 1. The molecule has 0 amide bonds. The first-order valence-corrected chi connectivity index (χ1v) is 9.50. The molecule has 1 aliphatic carbocycles.